The normalized spacial score (nSPS) is 18.2. The smallest absolute Gasteiger partial charge is 0.272 e. The highest BCUT2D eigenvalue weighted by Gasteiger charge is 2.26. The van der Waals surface area contributed by atoms with Gasteiger partial charge in [-0.25, -0.2) is 0 Å². The molecule has 4 rings (SSSR count). The fraction of sp³-hybridized carbons (Fsp3) is 0.409. The molecule has 162 valence electrons. The number of aryl methyl sites for hydroxylation is 2. The Morgan fingerprint density at radius 2 is 2.06 bits per heavy atom. The molecule has 1 saturated carbocycles. The molecule has 0 aromatic carbocycles. The Labute approximate surface area is 180 Å². The van der Waals surface area contributed by atoms with E-state index in [1.54, 1.807) is 25.4 Å². The summed E-state index contributed by atoms with van der Waals surface area (Å²) in [5, 5.41) is 15.1. The van der Waals surface area contributed by atoms with Gasteiger partial charge in [-0.15, -0.1) is 10.2 Å². The van der Waals surface area contributed by atoms with Crippen LogP contribution in [0.1, 0.15) is 46.8 Å². The molecule has 9 heteroatoms. The van der Waals surface area contributed by atoms with Crippen molar-refractivity contribution in [1.29, 1.82) is 0 Å². The van der Waals surface area contributed by atoms with Gasteiger partial charge in [0.2, 0.25) is 5.88 Å². The second-order valence-electron chi connectivity index (χ2n) is 7.64. The fourth-order valence-corrected chi connectivity index (χ4v) is 3.60. The average Bonchev–Trinajstić information content (AvgIpc) is 3.39. The molecule has 3 aromatic heterocycles. The quantitative estimate of drug-likeness (QED) is 0.617. The van der Waals surface area contributed by atoms with Crippen molar-refractivity contribution in [3.63, 3.8) is 0 Å². The lowest BCUT2D eigenvalue weighted by Crippen LogP contribution is -2.34. The number of hydrogen-bond donors (Lipinski definition) is 1. The highest BCUT2D eigenvalue weighted by Crippen LogP contribution is 2.26. The third-order valence-corrected chi connectivity index (χ3v) is 5.46. The third kappa shape index (κ3) is 4.88. The van der Waals surface area contributed by atoms with Gasteiger partial charge in [-0.3, -0.25) is 9.78 Å². The maximum Gasteiger partial charge on any atom is 0.272 e. The van der Waals surface area contributed by atoms with Gasteiger partial charge in [-0.05, 0) is 51.3 Å². The lowest BCUT2D eigenvalue weighted by Gasteiger charge is -2.12. The Kier molecular flexibility index (Phi) is 6.22. The van der Waals surface area contributed by atoms with Crippen LogP contribution < -0.4 is 10.1 Å². The van der Waals surface area contributed by atoms with Gasteiger partial charge in [0, 0.05) is 36.7 Å². The highest BCUT2D eigenvalue weighted by atomic mass is 16.5. The average molecular weight is 423 g/mol. The van der Waals surface area contributed by atoms with E-state index in [1.807, 2.05) is 26.0 Å². The van der Waals surface area contributed by atoms with Crippen molar-refractivity contribution in [1.82, 2.24) is 25.7 Å². The molecule has 31 heavy (non-hydrogen) atoms. The van der Waals surface area contributed by atoms with Crippen LogP contribution in [-0.2, 0) is 11.3 Å². The molecule has 1 amide bonds. The lowest BCUT2D eigenvalue weighted by molar-refractivity contribution is 0.0909. The zero-order chi connectivity index (χ0) is 21.8. The second-order valence-corrected chi connectivity index (χ2v) is 7.64. The Balaban J connectivity index is 1.37. The number of methoxy groups -OCH3 is 1. The maximum absolute atomic E-state index is 12.4. The monoisotopic (exact) mass is 423 g/mol. The zero-order valence-corrected chi connectivity index (χ0v) is 17.8. The second kappa shape index (κ2) is 9.22. The first kappa shape index (κ1) is 20.9. The molecular weight excluding hydrogens is 398 g/mol. The summed E-state index contributed by atoms with van der Waals surface area (Å²) in [4.78, 5) is 16.7. The first-order valence-electron chi connectivity index (χ1n) is 10.2. The van der Waals surface area contributed by atoms with Crippen molar-refractivity contribution in [3.05, 3.63) is 53.2 Å². The molecule has 0 radical (unpaired) electrons. The molecule has 0 unspecified atom stereocenters. The predicted octanol–water partition coefficient (Wildman–Crippen LogP) is 3.02. The highest BCUT2D eigenvalue weighted by molar-refractivity contribution is 5.92. The Hall–Kier alpha value is -3.33. The van der Waals surface area contributed by atoms with Gasteiger partial charge in [0.25, 0.3) is 5.91 Å². The minimum atomic E-state index is -0.246. The molecule has 3 heterocycles. The number of hydrogen-bond acceptors (Lipinski definition) is 8. The van der Waals surface area contributed by atoms with Gasteiger partial charge in [0.05, 0.1) is 11.7 Å². The summed E-state index contributed by atoms with van der Waals surface area (Å²) in [5.74, 6) is 0.723. The summed E-state index contributed by atoms with van der Waals surface area (Å²) in [5.41, 5.74) is 3.51. The molecule has 1 aliphatic rings. The summed E-state index contributed by atoms with van der Waals surface area (Å²) in [7, 11) is 1.70. The standard InChI is InChI=1S/C22H25N5O4/c1-13-4-5-15(11-23-13)21-18(14(2)31-27-21)12-30-20-9-8-19(25-26-20)22(28)24-16-6-7-17(10-16)29-3/h4-5,8-9,11,16-17H,6-7,10,12H2,1-3H3,(H,24,28)/t16-,17-/m0/s1. The predicted molar refractivity (Wildman–Crippen MR) is 111 cm³/mol. The number of rotatable bonds is 7. The Bertz CT molecular complexity index is 1030. The van der Waals surface area contributed by atoms with E-state index in [0.717, 1.165) is 36.1 Å². The molecule has 1 fully saturated rings. The van der Waals surface area contributed by atoms with Gasteiger partial charge in [-0.2, -0.15) is 0 Å². The molecule has 0 spiro atoms. The summed E-state index contributed by atoms with van der Waals surface area (Å²) in [6, 6.07) is 7.19. The zero-order valence-electron chi connectivity index (χ0n) is 17.8. The minimum Gasteiger partial charge on any atom is -0.472 e. The number of aromatic nitrogens is 4. The summed E-state index contributed by atoms with van der Waals surface area (Å²) < 4.78 is 16.5. The van der Waals surface area contributed by atoms with Crippen LogP contribution in [0.2, 0.25) is 0 Å². The largest absolute Gasteiger partial charge is 0.472 e. The molecular formula is C22H25N5O4. The molecule has 1 N–H and O–H groups in total. The first-order chi connectivity index (χ1) is 15.0. The minimum absolute atomic E-state index is 0.0985. The van der Waals surface area contributed by atoms with Crippen LogP contribution in [0.5, 0.6) is 5.88 Å². The van der Waals surface area contributed by atoms with Crippen molar-refractivity contribution in [2.45, 2.75) is 51.9 Å². The van der Waals surface area contributed by atoms with Gasteiger partial charge in [-0.1, -0.05) is 5.16 Å². The van der Waals surface area contributed by atoms with Crippen LogP contribution >= 0.6 is 0 Å². The number of carbonyl (C=O) groups excluding carboxylic acids is 1. The third-order valence-electron chi connectivity index (χ3n) is 5.46. The van der Waals surface area contributed by atoms with E-state index >= 15 is 0 Å². The number of amides is 1. The number of ether oxygens (including phenoxy) is 2. The Morgan fingerprint density at radius 3 is 2.74 bits per heavy atom. The Morgan fingerprint density at radius 1 is 1.19 bits per heavy atom. The number of nitrogens with zero attached hydrogens (tertiary/aromatic N) is 4. The van der Waals surface area contributed by atoms with Gasteiger partial charge in [0.15, 0.2) is 5.69 Å². The lowest BCUT2D eigenvalue weighted by atomic mass is 10.1. The SMILES string of the molecule is CO[C@H]1CC[C@H](NC(=O)c2ccc(OCc3c(-c4ccc(C)nc4)noc3C)nn2)C1. The van der Waals surface area contributed by atoms with Crippen LogP contribution in [-0.4, -0.2) is 45.5 Å². The molecule has 0 saturated heterocycles. The molecule has 2 atom stereocenters. The van der Waals surface area contributed by atoms with E-state index in [1.165, 1.54) is 0 Å². The van der Waals surface area contributed by atoms with Crippen molar-refractivity contribution in [2.75, 3.05) is 7.11 Å². The van der Waals surface area contributed by atoms with E-state index < -0.39 is 0 Å². The molecule has 0 aliphatic heterocycles. The van der Waals surface area contributed by atoms with E-state index in [4.69, 9.17) is 14.0 Å². The number of pyridine rings is 1. The molecule has 1 aliphatic carbocycles. The van der Waals surface area contributed by atoms with Crippen molar-refractivity contribution in [2.24, 2.45) is 0 Å². The number of carbonyl (C=O) groups is 1. The van der Waals surface area contributed by atoms with E-state index in [0.29, 0.717) is 17.3 Å². The van der Waals surface area contributed by atoms with Crippen LogP contribution in [0.15, 0.2) is 35.0 Å². The van der Waals surface area contributed by atoms with Crippen molar-refractivity contribution in [3.8, 4) is 17.1 Å². The molecule has 9 nitrogen and oxygen atoms in total. The fourth-order valence-electron chi connectivity index (χ4n) is 3.60. The molecule has 3 aromatic rings. The van der Waals surface area contributed by atoms with E-state index in [9.17, 15) is 4.79 Å². The number of nitrogens with one attached hydrogen (secondary N) is 1. The van der Waals surface area contributed by atoms with E-state index in [-0.39, 0.29) is 30.4 Å². The summed E-state index contributed by atoms with van der Waals surface area (Å²) in [6.07, 6.45) is 4.61. The topological polar surface area (TPSA) is 112 Å². The van der Waals surface area contributed by atoms with Gasteiger partial charge in [0.1, 0.15) is 18.1 Å². The molecule has 0 bridgehead atoms. The first-order valence-corrected chi connectivity index (χ1v) is 10.2. The van der Waals surface area contributed by atoms with Crippen LogP contribution in [0, 0.1) is 13.8 Å². The van der Waals surface area contributed by atoms with Crippen LogP contribution in [0.4, 0.5) is 0 Å². The summed E-state index contributed by atoms with van der Waals surface area (Å²) in [6.45, 7) is 3.96. The van der Waals surface area contributed by atoms with Crippen molar-refractivity contribution >= 4 is 5.91 Å². The van der Waals surface area contributed by atoms with Crippen LogP contribution in [0.25, 0.3) is 11.3 Å². The van der Waals surface area contributed by atoms with Gasteiger partial charge < -0.3 is 19.3 Å². The van der Waals surface area contributed by atoms with E-state index in [2.05, 4.69) is 25.7 Å². The van der Waals surface area contributed by atoms with Crippen LogP contribution in [0.3, 0.4) is 0 Å². The maximum atomic E-state index is 12.4. The van der Waals surface area contributed by atoms with Gasteiger partial charge >= 0.3 is 0 Å². The van der Waals surface area contributed by atoms with Crippen molar-refractivity contribution < 1.29 is 18.8 Å². The summed E-state index contributed by atoms with van der Waals surface area (Å²) >= 11 is 0.